The fraction of sp³-hybridized carbons (Fsp3) is 0.286. The van der Waals surface area contributed by atoms with Gasteiger partial charge >= 0.3 is 6.09 Å². The fourth-order valence-electron chi connectivity index (χ4n) is 1.91. The highest BCUT2D eigenvalue weighted by molar-refractivity contribution is 5.80. The maximum atomic E-state index is 11.9. The molecule has 5 nitrogen and oxygen atoms in total. The number of carbonyl (C=O) groups is 1. The van der Waals surface area contributed by atoms with E-state index in [0.717, 1.165) is 5.56 Å². The molecular formula is C14H17N3O2. The molecular weight excluding hydrogens is 242 g/mol. The largest absolute Gasteiger partial charge is 0.445 e. The first kappa shape index (κ1) is 13.1. The van der Waals surface area contributed by atoms with Crippen molar-refractivity contribution in [2.45, 2.75) is 13.0 Å². The molecule has 0 atom stereocenters. The third-order valence-electron chi connectivity index (χ3n) is 3.06. The van der Waals surface area contributed by atoms with Crippen LogP contribution < -0.4 is 5.73 Å². The van der Waals surface area contributed by atoms with Gasteiger partial charge in [-0.1, -0.05) is 30.3 Å². The summed E-state index contributed by atoms with van der Waals surface area (Å²) in [7, 11) is 0. The second kappa shape index (κ2) is 6.04. The number of nitrogens with two attached hydrogens (primary N) is 1. The average molecular weight is 259 g/mol. The third-order valence-corrected chi connectivity index (χ3v) is 3.06. The van der Waals surface area contributed by atoms with Gasteiger partial charge in [0.1, 0.15) is 6.61 Å². The highest BCUT2D eigenvalue weighted by Gasteiger charge is 2.21. The predicted molar refractivity (Wildman–Crippen MR) is 72.8 cm³/mol. The number of benzene rings is 1. The van der Waals surface area contributed by atoms with Crippen LogP contribution >= 0.6 is 0 Å². The van der Waals surface area contributed by atoms with Crippen LogP contribution in [0.5, 0.6) is 0 Å². The number of carbonyl (C=O) groups excluding carboxylic acids is 1. The molecule has 19 heavy (non-hydrogen) atoms. The summed E-state index contributed by atoms with van der Waals surface area (Å²) in [4.78, 5) is 13.5. The molecule has 0 bridgehead atoms. The molecule has 0 spiro atoms. The lowest BCUT2D eigenvalue weighted by atomic mass is 10.1. The molecule has 0 saturated heterocycles. The van der Waals surface area contributed by atoms with E-state index in [1.807, 2.05) is 30.3 Å². The van der Waals surface area contributed by atoms with E-state index in [0.29, 0.717) is 30.8 Å². The Morgan fingerprint density at radius 2 is 2.16 bits per heavy atom. The molecule has 1 heterocycles. The van der Waals surface area contributed by atoms with Crippen molar-refractivity contribution in [3.05, 3.63) is 47.2 Å². The van der Waals surface area contributed by atoms with E-state index in [1.54, 1.807) is 4.90 Å². The van der Waals surface area contributed by atoms with E-state index in [4.69, 9.17) is 15.9 Å². The van der Waals surface area contributed by atoms with Crippen molar-refractivity contribution >= 4 is 12.3 Å². The zero-order valence-electron chi connectivity index (χ0n) is 10.6. The standard InChI is InChI=1S/C14H17N3O2/c15-8-12-9-17(7-6-13(12)16)14(18)19-10-11-4-2-1-3-5-11/h1-5,8,15H,6-7,9-10,16H2. The minimum absolute atomic E-state index is 0.259. The van der Waals surface area contributed by atoms with Crippen LogP contribution in [0.4, 0.5) is 4.79 Å². The first-order valence-electron chi connectivity index (χ1n) is 6.14. The summed E-state index contributed by atoms with van der Waals surface area (Å²) in [6.45, 7) is 1.15. The highest BCUT2D eigenvalue weighted by atomic mass is 16.6. The Hall–Kier alpha value is -2.30. The predicted octanol–water partition coefficient (Wildman–Crippen LogP) is 1.89. The average Bonchev–Trinajstić information content (AvgIpc) is 2.46. The molecule has 0 unspecified atom stereocenters. The van der Waals surface area contributed by atoms with Crippen LogP contribution in [-0.2, 0) is 11.3 Å². The highest BCUT2D eigenvalue weighted by Crippen LogP contribution is 2.14. The fourth-order valence-corrected chi connectivity index (χ4v) is 1.91. The second-order valence-corrected chi connectivity index (χ2v) is 4.41. The summed E-state index contributed by atoms with van der Waals surface area (Å²) < 4.78 is 5.24. The van der Waals surface area contributed by atoms with Crippen LogP contribution in [0, 0.1) is 5.41 Å². The molecule has 100 valence electrons. The maximum absolute atomic E-state index is 11.9. The molecule has 0 saturated carbocycles. The van der Waals surface area contributed by atoms with Gasteiger partial charge in [-0.05, 0) is 5.56 Å². The van der Waals surface area contributed by atoms with Gasteiger partial charge < -0.3 is 20.8 Å². The summed E-state index contributed by atoms with van der Waals surface area (Å²) >= 11 is 0. The lowest BCUT2D eigenvalue weighted by Gasteiger charge is -2.27. The van der Waals surface area contributed by atoms with Crippen LogP contribution in [0.15, 0.2) is 41.6 Å². The molecule has 3 N–H and O–H groups in total. The zero-order chi connectivity index (χ0) is 13.7. The van der Waals surface area contributed by atoms with E-state index in [1.165, 1.54) is 6.21 Å². The molecule has 0 fully saturated rings. The van der Waals surface area contributed by atoms with Gasteiger partial charge in [0.25, 0.3) is 0 Å². The number of hydrogen-bond acceptors (Lipinski definition) is 4. The number of nitrogens with zero attached hydrogens (tertiary/aromatic N) is 1. The van der Waals surface area contributed by atoms with Gasteiger partial charge in [-0.25, -0.2) is 4.79 Å². The first-order valence-corrected chi connectivity index (χ1v) is 6.14. The van der Waals surface area contributed by atoms with Gasteiger partial charge in [0.05, 0.1) is 6.54 Å². The number of rotatable bonds is 3. The van der Waals surface area contributed by atoms with Crippen LogP contribution in [0.2, 0.25) is 0 Å². The van der Waals surface area contributed by atoms with Gasteiger partial charge in [0.2, 0.25) is 0 Å². The molecule has 1 aliphatic heterocycles. The van der Waals surface area contributed by atoms with Crippen LogP contribution in [0.3, 0.4) is 0 Å². The van der Waals surface area contributed by atoms with Gasteiger partial charge in [0, 0.05) is 30.5 Å². The molecule has 1 aliphatic rings. The van der Waals surface area contributed by atoms with Crippen molar-refractivity contribution in [1.29, 1.82) is 5.41 Å². The number of ether oxygens (including phenoxy) is 1. The van der Waals surface area contributed by atoms with Gasteiger partial charge in [-0.2, -0.15) is 0 Å². The Labute approximate surface area is 112 Å². The van der Waals surface area contributed by atoms with E-state index >= 15 is 0 Å². The van der Waals surface area contributed by atoms with E-state index in [9.17, 15) is 4.79 Å². The number of amides is 1. The minimum Gasteiger partial charge on any atom is -0.445 e. The quantitative estimate of drug-likeness (QED) is 0.813. The van der Waals surface area contributed by atoms with Crippen LogP contribution in [0.1, 0.15) is 12.0 Å². The maximum Gasteiger partial charge on any atom is 0.410 e. The molecule has 1 amide bonds. The smallest absolute Gasteiger partial charge is 0.410 e. The summed E-state index contributed by atoms with van der Waals surface area (Å²) in [5, 5.41) is 7.25. The molecule has 1 aromatic rings. The molecule has 0 radical (unpaired) electrons. The summed E-state index contributed by atoms with van der Waals surface area (Å²) in [5.41, 5.74) is 8.09. The van der Waals surface area contributed by atoms with Gasteiger partial charge in [-0.15, -0.1) is 0 Å². The van der Waals surface area contributed by atoms with Crippen molar-refractivity contribution in [3.63, 3.8) is 0 Å². The van der Waals surface area contributed by atoms with Crippen LogP contribution in [0.25, 0.3) is 0 Å². The van der Waals surface area contributed by atoms with Crippen molar-refractivity contribution in [2.24, 2.45) is 5.73 Å². The summed E-state index contributed by atoms with van der Waals surface area (Å²) in [6.07, 6.45) is 1.42. The van der Waals surface area contributed by atoms with Crippen molar-refractivity contribution < 1.29 is 9.53 Å². The number of hydrogen-bond donors (Lipinski definition) is 2. The normalized spacial score (nSPS) is 15.3. The molecule has 1 aromatic carbocycles. The minimum atomic E-state index is -0.365. The van der Waals surface area contributed by atoms with Crippen molar-refractivity contribution in [3.8, 4) is 0 Å². The Morgan fingerprint density at radius 3 is 2.84 bits per heavy atom. The molecule has 2 rings (SSSR count). The Kier molecular flexibility index (Phi) is 4.18. The summed E-state index contributed by atoms with van der Waals surface area (Å²) in [5.74, 6) is 0. The topological polar surface area (TPSA) is 79.4 Å². The van der Waals surface area contributed by atoms with E-state index < -0.39 is 0 Å². The molecule has 5 heteroatoms. The monoisotopic (exact) mass is 259 g/mol. The van der Waals surface area contributed by atoms with Crippen molar-refractivity contribution in [1.82, 2.24) is 4.90 Å². The summed E-state index contributed by atoms with van der Waals surface area (Å²) in [6, 6.07) is 9.54. The van der Waals surface area contributed by atoms with E-state index in [2.05, 4.69) is 0 Å². The first-order chi connectivity index (χ1) is 9.20. The second-order valence-electron chi connectivity index (χ2n) is 4.41. The molecule has 0 aromatic heterocycles. The van der Waals surface area contributed by atoms with Gasteiger partial charge in [-0.3, -0.25) is 0 Å². The SMILES string of the molecule is N=CC1=C(N)CCN(C(=O)OCc2ccccc2)C1. The molecule has 0 aliphatic carbocycles. The van der Waals surface area contributed by atoms with E-state index in [-0.39, 0.29) is 12.7 Å². The van der Waals surface area contributed by atoms with Crippen molar-refractivity contribution in [2.75, 3.05) is 13.1 Å². The zero-order valence-corrected chi connectivity index (χ0v) is 10.6. The Morgan fingerprint density at radius 1 is 1.42 bits per heavy atom. The lowest BCUT2D eigenvalue weighted by molar-refractivity contribution is 0.0984. The third kappa shape index (κ3) is 3.34. The van der Waals surface area contributed by atoms with Crippen LogP contribution in [-0.4, -0.2) is 30.3 Å². The Bertz CT molecular complexity index is 497. The number of nitrogens with one attached hydrogen (secondary N) is 1. The lowest BCUT2D eigenvalue weighted by Crippen LogP contribution is -2.38. The van der Waals surface area contributed by atoms with Gasteiger partial charge in [0.15, 0.2) is 0 Å². The Balaban J connectivity index is 1.89.